The SMILES string of the molecule is CN(C(=O)Oc1c(/C(C=NCCOCCOC(F)F)=C/N)cc(C(F)(F)F)cc1C(F)(F)F)c1ccc(F)cc1. The van der Waals surface area contributed by atoms with Crippen molar-refractivity contribution in [1.82, 2.24) is 0 Å². The summed E-state index contributed by atoms with van der Waals surface area (Å²) in [6, 6.07) is 4.25. The minimum absolute atomic E-state index is 0.00326. The minimum Gasteiger partial charge on any atom is -0.409 e. The van der Waals surface area contributed by atoms with Gasteiger partial charge in [0, 0.05) is 36.3 Å². The lowest BCUT2D eigenvalue weighted by Gasteiger charge is -2.22. The van der Waals surface area contributed by atoms with Gasteiger partial charge in [-0.2, -0.15) is 35.1 Å². The Hall–Kier alpha value is -3.79. The molecule has 16 heteroatoms. The molecule has 0 fully saturated rings. The van der Waals surface area contributed by atoms with Crippen LogP contribution in [0.15, 0.2) is 47.6 Å². The van der Waals surface area contributed by atoms with Gasteiger partial charge in [0.15, 0.2) is 5.75 Å². The highest BCUT2D eigenvalue weighted by molar-refractivity contribution is 6.11. The Morgan fingerprint density at radius 2 is 1.68 bits per heavy atom. The van der Waals surface area contributed by atoms with Crippen LogP contribution in [0.25, 0.3) is 5.57 Å². The number of ether oxygens (including phenoxy) is 3. The van der Waals surface area contributed by atoms with Crippen molar-refractivity contribution in [2.24, 2.45) is 10.7 Å². The second kappa shape index (κ2) is 14.0. The van der Waals surface area contributed by atoms with E-state index < -0.39 is 65.5 Å². The van der Waals surface area contributed by atoms with E-state index in [1.807, 2.05) is 0 Å². The minimum atomic E-state index is -5.41. The molecule has 0 atom stereocenters. The van der Waals surface area contributed by atoms with Crippen LogP contribution < -0.4 is 15.4 Å². The number of aliphatic imine (C=N–C) groups is 1. The molecule has 0 unspecified atom stereocenters. The predicted octanol–water partition coefficient (Wildman–Crippen LogP) is 6.12. The first-order valence-electron chi connectivity index (χ1n) is 11.1. The molecule has 0 spiro atoms. The second-order valence-electron chi connectivity index (χ2n) is 7.70. The fourth-order valence-electron chi connectivity index (χ4n) is 3.03. The number of carbonyl (C=O) groups is 1. The molecule has 2 N–H and O–H groups in total. The number of hydrogen-bond donors (Lipinski definition) is 1. The molecule has 2 rings (SSSR count). The topological polar surface area (TPSA) is 86.4 Å². The van der Waals surface area contributed by atoms with E-state index >= 15 is 0 Å². The molecule has 220 valence electrons. The third kappa shape index (κ3) is 9.44. The Balaban J connectivity index is 2.44. The number of hydrogen-bond acceptors (Lipinski definition) is 6. The lowest BCUT2D eigenvalue weighted by Crippen LogP contribution is -2.30. The highest BCUT2D eigenvalue weighted by Crippen LogP contribution is 2.44. The van der Waals surface area contributed by atoms with E-state index in [0.717, 1.165) is 37.5 Å². The van der Waals surface area contributed by atoms with Gasteiger partial charge in [-0.1, -0.05) is 0 Å². The Labute approximate surface area is 221 Å². The molecule has 0 aliphatic heterocycles. The maximum atomic E-state index is 13.9. The number of alkyl halides is 8. The molecular weight excluding hydrogens is 565 g/mol. The van der Waals surface area contributed by atoms with Crippen LogP contribution in [0.1, 0.15) is 16.7 Å². The molecule has 7 nitrogen and oxygen atoms in total. The number of amides is 1. The van der Waals surface area contributed by atoms with Gasteiger partial charge in [0.2, 0.25) is 0 Å². The normalized spacial score (nSPS) is 12.8. The van der Waals surface area contributed by atoms with Crippen LogP contribution in [0, 0.1) is 5.82 Å². The zero-order chi connectivity index (χ0) is 30.1. The van der Waals surface area contributed by atoms with E-state index in [2.05, 4.69) is 9.73 Å². The van der Waals surface area contributed by atoms with E-state index in [4.69, 9.17) is 15.2 Å². The van der Waals surface area contributed by atoms with E-state index in [0.29, 0.717) is 17.2 Å². The molecule has 0 aliphatic carbocycles. The highest BCUT2D eigenvalue weighted by Gasteiger charge is 2.41. The van der Waals surface area contributed by atoms with Gasteiger partial charge < -0.3 is 19.9 Å². The van der Waals surface area contributed by atoms with Crippen molar-refractivity contribution < 1.29 is 58.5 Å². The van der Waals surface area contributed by atoms with E-state index in [1.54, 1.807) is 0 Å². The molecule has 0 radical (unpaired) electrons. The molecule has 0 aliphatic rings. The average molecular weight is 587 g/mol. The van der Waals surface area contributed by atoms with Gasteiger partial charge in [-0.15, -0.1) is 0 Å². The summed E-state index contributed by atoms with van der Waals surface area (Å²) in [5.41, 5.74) is 0.502. The van der Waals surface area contributed by atoms with Crippen molar-refractivity contribution >= 4 is 23.6 Å². The summed E-state index contributed by atoms with van der Waals surface area (Å²) in [6.07, 6.45) is -10.6. The molecule has 2 aromatic carbocycles. The first-order chi connectivity index (χ1) is 18.6. The fraction of sp³-hybridized carbons (Fsp3) is 0.333. The number of benzene rings is 2. The van der Waals surface area contributed by atoms with E-state index in [-0.39, 0.29) is 31.5 Å². The third-order valence-electron chi connectivity index (χ3n) is 4.96. The molecule has 0 bridgehead atoms. The molecular formula is C24H22F9N3O4. The highest BCUT2D eigenvalue weighted by atomic mass is 19.4. The maximum absolute atomic E-state index is 13.9. The average Bonchev–Trinajstić information content (AvgIpc) is 2.86. The largest absolute Gasteiger partial charge is 0.420 e. The second-order valence-corrected chi connectivity index (χ2v) is 7.70. The van der Waals surface area contributed by atoms with Gasteiger partial charge in [-0.25, -0.2) is 9.18 Å². The van der Waals surface area contributed by atoms with Crippen molar-refractivity contribution in [3.63, 3.8) is 0 Å². The Morgan fingerprint density at radius 3 is 2.23 bits per heavy atom. The molecule has 0 saturated heterocycles. The number of nitrogens with two attached hydrogens (primary N) is 1. The van der Waals surface area contributed by atoms with Crippen molar-refractivity contribution in [3.05, 3.63) is 65.1 Å². The lowest BCUT2D eigenvalue weighted by molar-refractivity contribution is -0.143. The summed E-state index contributed by atoms with van der Waals surface area (Å²) < 4.78 is 133. The Morgan fingerprint density at radius 1 is 1.02 bits per heavy atom. The third-order valence-corrected chi connectivity index (χ3v) is 4.96. The molecule has 0 heterocycles. The molecule has 2 aromatic rings. The summed E-state index contributed by atoms with van der Waals surface area (Å²) >= 11 is 0. The molecule has 40 heavy (non-hydrogen) atoms. The van der Waals surface area contributed by atoms with Crippen molar-refractivity contribution in [2.75, 3.05) is 38.3 Å². The number of allylic oxidation sites excluding steroid dienone is 1. The Bertz CT molecular complexity index is 1200. The van der Waals surface area contributed by atoms with Gasteiger partial charge in [-0.05, 0) is 36.4 Å². The summed E-state index contributed by atoms with van der Waals surface area (Å²) in [5.74, 6) is -1.96. The van der Waals surface area contributed by atoms with Crippen LogP contribution in [-0.2, 0) is 21.8 Å². The smallest absolute Gasteiger partial charge is 0.409 e. The van der Waals surface area contributed by atoms with Gasteiger partial charge >= 0.3 is 25.1 Å². The van der Waals surface area contributed by atoms with Crippen LogP contribution in [0.4, 0.5) is 50.0 Å². The molecule has 0 saturated carbocycles. The molecule has 1 amide bonds. The van der Waals surface area contributed by atoms with E-state index in [1.165, 1.54) is 0 Å². The van der Waals surface area contributed by atoms with Gasteiger partial charge in [0.25, 0.3) is 0 Å². The Kier molecular flexibility index (Phi) is 11.4. The number of anilines is 1. The van der Waals surface area contributed by atoms with Crippen molar-refractivity contribution in [3.8, 4) is 5.75 Å². The van der Waals surface area contributed by atoms with Crippen molar-refractivity contribution in [1.29, 1.82) is 0 Å². The van der Waals surface area contributed by atoms with Gasteiger partial charge in [-0.3, -0.25) is 9.89 Å². The van der Waals surface area contributed by atoms with Crippen LogP contribution >= 0.6 is 0 Å². The lowest BCUT2D eigenvalue weighted by atomic mass is 9.98. The quantitative estimate of drug-likeness (QED) is 0.194. The standard InChI is InChI=1S/C24H22F9N3O4/c1-36(17-4-2-16(25)3-5-17)22(37)40-20-18(10-15(23(28,29)30)11-19(20)24(31,32)33)14(12-34)13-35-6-7-38-8-9-39-21(26)27/h2-5,10-13,21H,6-9,34H2,1H3/b14-12+,35-13?. The van der Waals surface area contributed by atoms with Gasteiger partial charge in [0.05, 0.1) is 37.5 Å². The van der Waals surface area contributed by atoms with Crippen molar-refractivity contribution in [2.45, 2.75) is 19.0 Å². The zero-order valence-corrected chi connectivity index (χ0v) is 20.5. The van der Waals surface area contributed by atoms with Gasteiger partial charge in [0.1, 0.15) is 5.82 Å². The van der Waals surface area contributed by atoms with Crippen LogP contribution in [-0.4, -0.2) is 52.3 Å². The molecule has 0 aromatic heterocycles. The van der Waals surface area contributed by atoms with Crippen LogP contribution in [0.2, 0.25) is 0 Å². The number of halogens is 9. The first-order valence-corrected chi connectivity index (χ1v) is 11.1. The number of carbonyl (C=O) groups excluding carboxylic acids is 1. The summed E-state index contributed by atoms with van der Waals surface area (Å²) in [4.78, 5) is 17.2. The first kappa shape index (κ1) is 32.4. The summed E-state index contributed by atoms with van der Waals surface area (Å²) in [5, 5.41) is 0. The van der Waals surface area contributed by atoms with E-state index in [9.17, 15) is 44.3 Å². The van der Waals surface area contributed by atoms with Crippen LogP contribution in [0.5, 0.6) is 5.75 Å². The van der Waals surface area contributed by atoms with Crippen LogP contribution in [0.3, 0.4) is 0 Å². The summed E-state index contributed by atoms with van der Waals surface area (Å²) in [7, 11) is 1.08. The predicted molar refractivity (Wildman–Crippen MR) is 126 cm³/mol. The zero-order valence-electron chi connectivity index (χ0n) is 20.5. The monoisotopic (exact) mass is 587 g/mol. The number of rotatable bonds is 11. The maximum Gasteiger partial charge on any atom is 0.420 e. The fourth-order valence-corrected chi connectivity index (χ4v) is 3.03. The number of nitrogens with zero attached hydrogens (tertiary/aromatic N) is 2. The summed E-state index contributed by atoms with van der Waals surface area (Å²) in [6.45, 7) is -4.02.